The van der Waals surface area contributed by atoms with E-state index >= 15 is 0 Å². The van der Waals surface area contributed by atoms with Gasteiger partial charge in [0.15, 0.2) is 0 Å². The molecule has 7 heteroatoms. The average Bonchev–Trinajstić information content (AvgIpc) is 2.61. The highest BCUT2D eigenvalue weighted by atomic mass is 32.2. The molecule has 0 spiro atoms. The van der Waals surface area contributed by atoms with Gasteiger partial charge in [-0.1, -0.05) is 6.92 Å². The Balaban J connectivity index is 2.23. The van der Waals surface area contributed by atoms with E-state index in [1.54, 1.807) is 15.7 Å². The zero-order chi connectivity index (χ0) is 13.4. The molecule has 0 amide bonds. The molecule has 0 aliphatic carbocycles. The molecule has 0 saturated carbocycles. The van der Waals surface area contributed by atoms with Gasteiger partial charge in [0, 0.05) is 46.4 Å². The highest BCUT2D eigenvalue weighted by Gasteiger charge is 2.34. The first-order chi connectivity index (χ1) is 8.62. The Morgan fingerprint density at radius 3 is 2.44 bits per heavy atom. The Morgan fingerprint density at radius 2 is 1.83 bits per heavy atom. The first-order valence-corrected chi connectivity index (χ1v) is 7.97. The normalized spacial score (nSPS) is 20.6. The van der Waals surface area contributed by atoms with Crippen molar-refractivity contribution in [1.29, 1.82) is 0 Å². The van der Waals surface area contributed by atoms with Crippen LogP contribution in [0.15, 0.2) is 0 Å². The number of hydrogen-bond donors (Lipinski definition) is 1. The van der Waals surface area contributed by atoms with Gasteiger partial charge in [0.2, 0.25) is 0 Å². The fourth-order valence-corrected chi connectivity index (χ4v) is 3.68. The van der Waals surface area contributed by atoms with Crippen molar-refractivity contribution >= 4 is 10.2 Å². The van der Waals surface area contributed by atoms with Crippen LogP contribution >= 0.6 is 0 Å². The molecule has 0 radical (unpaired) electrons. The maximum atomic E-state index is 12.1. The SMILES string of the molecule is CCCN1CCN(CCNCCCOC)S1(=O)=O. The maximum Gasteiger partial charge on any atom is 0.282 e. The summed E-state index contributed by atoms with van der Waals surface area (Å²) in [5, 5.41) is 3.23. The quantitative estimate of drug-likeness (QED) is 0.598. The van der Waals surface area contributed by atoms with E-state index in [0.717, 1.165) is 26.0 Å². The molecule has 0 aromatic carbocycles. The molecule has 0 bridgehead atoms. The Kier molecular flexibility index (Phi) is 7.10. The lowest BCUT2D eigenvalue weighted by molar-refractivity contribution is 0.194. The smallest absolute Gasteiger partial charge is 0.282 e. The Bertz CT molecular complexity index is 321. The predicted molar refractivity (Wildman–Crippen MR) is 71.7 cm³/mol. The second-order valence-corrected chi connectivity index (χ2v) is 6.33. The van der Waals surface area contributed by atoms with Crippen molar-refractivity contribution in [3.63, 3.8) is 0 Å². The maximum absolute atomic E-state index is 12.1. The van der Waals surface area contributed by atoms with Gasteiger partial charge in [0.1, 0.15) is 0 Å². The summed E-state index contributed by atoms with van der Waals surface area (Å²) in [5.74, 6) is 0. The lowest BCUT2D eigenvalue weighted by atomic mass is 10.4. The van der Waals surface area contributed by atoms with Gasteiger partial charge in [-0.15, -0.1) is 0 Å². The van der Waals surface area contributed by atoms with Crippen LogP contribution in [0.25, 0.3) is 0 Å². The van der Waals surface area contributed by atoms with Gasteiger partial charge in [0.05, 0.1) is 0 Å². The van der Waals surface area contributed by atoms with Crippen LogP contribution in [0.2, 0.25) is 0 Å². The Morgan fingerprint density at radius 1 is 1.17 bits per heavy atom. The highest BCUT2D eigenvalue weighted by molar-refractivity contribution is 7.87. The summed E-state index contributed by atoms with van der Waals surface area (Å²) in [4.78, 5) is 0. The van der Waals surface area contributed by atoms with Crippen LogP contribution in [0.5, 0.6) is 0 Å². The van der Waals surface area contributed by atoms with Gasteiger partial charge in [-0.25, -0.2) is 0 Å². The minimum Gasteiger partial charge on any atom is -0.385 e. The summed E-state index contributed by atoms with van der Waals surface area (Å²) in [5.41, 5.74) is 0. The van der Waals surface area contributed by atoms with Gasteiger partial charge in [-0.3, -0.25) is 0 Å². The molecule has 0 unspecified atom stereocenters. The summed E-state index contributed by atoms with van der Waals surface area (Å²) in [7, 11) is -1.51. The third-order valence-electron chi connectivity index (χ3n) is 2.96. The fraction of sp³-hybridized carbons (Fsp3) is 1.00. The van der Waals surface area contributed by atoms with Gasteiger partial charge in [-0.05, 0) is 19.4 Å². The molecule has 1 aliphatic heterocycles. The summed E-state index contributed by atoms with van der Waals surface area (Å²) < 4.78 is 32.2. The summed E-state index contributed by atoms with van der Waals surface area (Å²) in [6.45, 7) is 6.70. The molecule has 1 fully saturated rings. The van der Waals surface area contributed by atoms with Gasteiger partial charge < -0.3 is 10.1 Å². The van der Waals surface area contributed by atoms with E-state index in [1.807, 2.05) is 6.92 Å². The van der Waals surface area contributed by atoms with Crippen molar-refractivity contribution in [1.82, 2.24) is 13.9 Å². The third kappa shape index (κ3) is 4.47. The number of nitrogens with zero attached hydrogens (tertiary/aromatic N) is 2. The van der Waals surface area contributed by atoms with Crippen molar-refractivity contribution < 1.29 is 13.2 Å². The highest BCUT2D eigenvalue weighted by Crippen LogP contribution is 2.15. The van der Waals surface area contributed by atoms with Crippen molar-refractivity contribution in [2.24, 2.45) is 0 Å². The molecule has 1 heterocycles. The summed E-state index contributed by atoms with van der Waals surface area (Å²) in [6, 6.07) is 0. The Labute approximate surface area is 110 Å². The van der Waals surface area contributed by atoms with Crippen LogP contribution in [0.4, 0.5) is 0 Å². The van der Waals surface area contributed by atoms with E-state index in [2.05, 4.69) is 5.32 Å². The number of methoxy groups -OCH3 is 1. The topological polar surface area (TPSA) is 61.9 Å². The van der Waals surface area contributed by atoms with E-state index in [0.29, 0.717) is 32.7 Å². The largest absolute Gasteiger partial charge is 0.385 e. The van der Waals surface area contributed by atoms with E-state index in [-0.39, 0.29) is 0 Å². The van der Waals surface area contributed by atoms with E-state index in [9.17, 15) is 8.42 Å². The van der Waals surface area contributed by atoms with Crippen LogP contribution in [0, 0.1) is 0 Å². The average molecular weight is 279 g/mol. The second-order valence-electron chi connectivity index (χ2n) is 4.40. The predicted octanol–water partition coefficient (Wildman–Crippen LogP) is -0.115. The van der Waals surface area contributed by atoms with Gasteiger partial charge >= 0.3 is 0 Å². The van der Waals surface area contributed by atoms with Crippen molar-refractivity contribution in [3.05, 3.63) is 0 Å². The second kappa shape index (κ2) is 8.06. The van der Waals surface area contributed by atoms with Gasteiger partial charge in [-0.2, -0.15) is 17.0 Å². The molecule has 18 heavy (non-hydrogen) atoms. The van der Waals surface area contributed by atoms with Crippen LogP contribution in [-0.4, -0.2) is 70.0 Å². The molecule has 0 aromatic rings. The van der Waals surface area contributed by atoms with Crippen molar-refractivity contribution in [2.45, 2.75) is 19.8 Å². The zero-order valence-corrected chi connectivity index (χ0v) is 12.2. The standard InChI is InChI=1S/C11H25N3O3S/c1-3-7-13-9-10-14(18(13,15)16)8-6-12-5-4-11-17-2/h12H,3-11H2,1-2H3. The third-order valence-corrected chi connectivity index (χ3v) is 5.00. The monoisotopic (exact) mass is 279 g/mol. The number of hydrogen-bond acceptors (Lipinski definition) is 4. The summed E-state index contributed by atoms with van der Waals surface area (Å²) >= 11 is 0. The van der Waals surface area contributed by atoms with Crippen LogP contribution in [-0.2, 0) is 14.9 Å². The molecule has 108 valence electrons. The Hall–Kier alpha value is -0.210. The van der Waals surface area contributed by atoms with Crippen LogP contribution in [0.1, 0.15) is 19.8 Å². The fourth-order valence-electron chi connectivity index (χ4n) is 1.99. The van der Waals surface area contributed by atoms with Crippen LogP contribution < -0.4 is 5.32 Å². The molecule has 6 nitrogen and oxygen atoms in total. The van der Waals surface area contributed by atoms with Crippen molar-refractivity contribution in [2.75, 3.05) is 53.0 Å². The number of rotatable bonds is 9. The molecular formula is C11H25N3O3S. The van der Waals surface area contributed by atoms with Crippen molar-refractivity contribution in [3.8, 4) is 0 Å². The number of ether oxygens (including phenoxy) is 1. The first kappa shape index (κ1) is 15.8. The lowest BCUT2D eigenvalue weighted by Crippen LogP contribution is -2.37. The minimum atomic E-state index is -3.19. The molecule has 0 aromatic heterocycles. The van der Waals surface area contributed by atoms with E-state index in [4.69, 9.17) is 4.74 Å². The molecule has 1 aliphatic rings. The molecule has 1 N–H and O–H groups in total. The van der Waals surface area contributed by atoms with Crippen LogP contribution in [0.3, 0.4) is 0 Å². The number of nitrogens with one attached hydrogen (secondary N) is 1. The molecule has 1 rings (SSSR count). The molecule has 0 atom stereocenters. The first-order valence-electron chi connectivity index (χ1n) is 6.57. The van der Waals surface area contributed by atoms with Gasteiger partial charge in [0.25, 0.3) is 10.2 Å². The van der Waals surface area contributed by atoms with E-state index < -0.39 is 10.2 Å². The lowest BCUT2D eigenvalue weighted by Gasteiger charge is -2.18. The molecular weight excluding hydrogens is 254 g/mol. The minimum absolute atomic E-state index is 0.551. The zero-order valence-electron chi connectivity index (χ0n) is 11.4. The molecule has 1 saturated heterocycles. The summed E-state index contributed by atoms with van der Waals surface area (Å²) in [6.07, 6.45) is 1.81. The van der Waals surface area contributed by atoms with E-state index in [1.165, 1.54) is 0 Å².